The summed E-state index contributed by atoms with van der Waals surface area (Å²) in [5.74, 6) is 3.44. The molecular weight excluding hydrogens is 386 g/mol. The van der Waals surface area contributed by atoms with Crippen molar-refractivity contribution < 1.29 is 14.3 Å². The van der Waals surface area contributed by atoms with Gasteiger partial charge in [0.2, 0.25) is 0 Å². The van der Waals surface area contributed by atoms with Crippen molar-refractivity contribution >= 4 is 11.7 Å². The van der Waals surface area contributed by atoms with Gasteiger partial charge in [0.15, 0.2) is 0 Å². The average molecular weight is 430 g/mol. The highest BCUT2D eigenvalue weighted by Crippen LogP contribution is 2.50. The molecule has 0 radical (unpaired) electrons. The lowest BCUT2D eigenvalue weighted by molar-refractivity contribution is 0.141. The summed E-state index contributed by atoms with van der Waals surface area (Å²) in [5, 5.41) is 2.85. The minimum Gasteiger partial charge on any atom is -0.450 e. The molecule has 2 fully saturated rings. The van der Waals surface area contributed by atoms with Gasteiger partial charge in [0.25, 0.3) is 0 Å². The summed E-state index contributed by atoms with van der Waals surface area (Å²) in [6.45, 7) is 21.4. The number of rotatable bonds is 7. The maximum absolute atomic E-state index is 11.5. The topological polar surface area (TPSA) is 50.9 Å². The fourth-order valence-electron chi connectivity index (χ4n) is 4.99. The van der Waals surface area contributed by atoms with Crippen molar-refractivity contribution in [2.24, 2.45) is 23.7 Å². The van der Waals surface area contributed by atoms with Crippen LogP contribution in [0, 0.1) is 23.7 Å². The summed E-state index contributed by atoms with van der Waals surface area (Å²) in [6.07, 6.45) is 3.57. The SMILES string of the molecule is C=C(C)c1cccc(C(C)(C)NC(=O)OCC)c1.CC(C)CC(C)C1C(C)CC2OC21. The fourth-order valence-corrected chi connectivity index (χ4v) is 4.99. The highest BCUT2D eigenvalue weighted by molar-refractivity contribution is 5.69. The van der Waals surface area contributed by atoms with Crippen LogP contribution in [0.25, 0.3) is 5.57 Å². The third-order valence-electron chi connectivity index (χ3n) is 6.53. The van der Waals surface area contributed by atoms with Crippen LogP contribution in [0.4, 0.5) is 4.79 Å². The molecular formula is C27H43NO3. The number of nitrogens with one attached hydrogen (secondary N) is 1. The highest BCUT2D eigenvalue weighted by Gasteiger charge is 2.55. The van der Waals surface area contributed by atoms with E-state index in [2.05, 4.69) is 39.6 Å². The van der Waals surface area contributed by atoms with E-state index in [1.165, 1.54) is 12.8 Å². The van der Waals surface area contributed by atoms with Gasteiger partial charge in [0, 0.05) is 0 Å². The van der Waals surface area contributed by atoms with E-state index in [1.54, 1.807) is 6.92 Å². The summed E-state index contributed by atoms with van der Waals surface area (Å²) in [6, 6.07) is 7.99. The maximum Gasteiger partial charge on any atom is 0.407 e. The molecule has 2 aliphatic rings. The van der Waals surface area contributed by atoms with Crippen molar-refractivity contribution in [3.8, 4) is 0 Å². The molecule has 4 nitrogen and oxygen atoms in total. The smallest absolute Gasteiger partial charge is 0.407 e. The lowest BCUT2D eigenvalue weighted by Crippen LogP contribution is -2.41. The first-order valence-corrected chi connectivity index (χ1v) is 11.8. The molecule has 0 spiro atoms. The molecule has 5 unspecified atom stereocenters. The van der Waals surface area contributed by atoms with Gasteiger partial charge < -0.3 is 14.8 Å². The Hall–Kier alpha value is -1.81. The Morgan fingerprint density at radius 3 is 2.52 bits per heavy atom. The molecule has 1 aromatic rings. The lowest BCUT2D eigenvalue weighted by Gasteiger charge is -2.26. The number of benzene rings is 1. The fraction of sp³-hybridized carbons (Fsp3) is 0.667. The number of epoxide rings is 1. The van der Waals surface area contributed by atoms with E-state index in [-0.39, 0.29) is 0 Å². The summed E-state index contributed by atoms with van der Waals surface area (Å²) < 4.78 is 10.5. The van der Waals surface area contributed by atoms with Crippen LogP contribution in [0.1, 0.15) is 79.4 Å². The zero-order chi connectivity index (χ0) is 23.3. The molecule has 1 saturated heterocycles. The van der Waals surface area contributed by atoms with Crippen LogP contribution in [0.3, 0.4) is 0 Å². The maximum atomic E-state index is 11.5. The monoisotopic (exact) mass is 429 g/mol. The Kier molecular flexibility index (Phi) is 8.76. The van der Waals surface area contributed by atoms with Crippen LogP contribution in [0.2, 0.25) is 0 Å². The molecule has 5 atom stereocenters. The molecule has 1 amide bonds. The number of ether oxygens (including phenoxy) is 2. The number of allylic oxidation sites excluding steroid dienone is 1. The first-order chi connectivity index (χ1) is 14.5. The number of amides is 1. The molecule has 1 aromatic carbocycles. The summed E-state index contributed by atoms with van der Waals surface area (Å²) >= 11 is 0. The predicted molar refractivity (Wildman–Crippen MR) is 129 cm³/mol. The molecule has 174 valence electrons. The molecule has 4 heteroatoms. The van der Waals surface area contributed by atoms with Gasteiger partial charge in [-0.25, -0.2) is 4.79 Å². The molecule has 1 saturated carbocycles. The Bertz CT molecular complexity index is 753. The first-order valence-electron chi connectivity index (χ1n) is 11.8. The molecule has 0 bridgehead atoms. The van der Waals surface area contributed by atoms with Gasteiger partial charge in [0.05, 0.1) is 24.4 Å². The molecule has 3 rings (SSSR count). The lowest BCUT2D eigenvalue weighted by atomic mass is 9.81. The average Bonchev–Trinajstić information content (AvgIpc) is 3.32. The van der Waals surface area contributed by atoms with E-state index in [0.29, 0.717) is 18.8 Å². The Morgan fingerprint density at radius 2 is 2.00 bits per heavy atom. The summed E-state index contributed by atoms with van der Waals surface area (Å²) in [5.41, 5.74) is 2.63. The van der Waals surface area contributed by atoms with E-state index in [1.807, 2.05) is 45.0 Å². The second kappa shape index (κ2) is 10.7. The van der Waals surface area contributed by atoms with E-state index < -0.39 is 11.6 Å². The van der Waals surface area contributed by atoms with Gasteiger partial charge in [-0.3, -0.25) is 0 Å². The number of carbonyl (C=O) groups is 1. The third kappa shape index (κ3) is 7.10. The van der Waals surface area contributed by atoms with E-state index >= 15 is 0 Å². The molecule has 1 aliphatic heterocycles. The molecule has 1 heterocycles. The standard InChI is InChI=1S/C15H21NO2.C12H22O/c1-6-18-14(17)16-15(4,5)13-9-7-8-12(10-13)11(2)3;1-7(2)5-8(3)11-9(4)6-10-12(11)13-10/h7-10H,2,6H2,1,3-5H3,(H,16,17);7-12H,5-6H2,1-4H3. The molecule has 31 heavy (non-hydrogen) atoms. The Labute approximate surface area is 189 Å². The van der Waals surface area contributed by atoms with Gasteiger partial charge in [-0.15, -0.1) is 0 Å². The summed E-state index contributed by atoms with van der Waals surface area (Å²) in [7, 11) is 0. The van der Waals surface area contributed by atoms with Crippen LogP contribution in [-0.2, 0) is 15.0 Å². The quantitative estimate of drug-likeness (QED) is 0.485. The van der Waals surface area contributed by atoms with Crippen LogP contribution < -0.4 is 5.32 Å². The second-order valence-electron chi connectivity index (χ2n) is 10.4. The van der Waals surface area contributed by atoms with Gasteiger partial charge in [-0.2, -0.15) is 0 Å². The summed E-state index contributed by atoms with van der Waals surface area (Å²) in [4.78, 5) is 11.5. The number of hydrogen-bond acceptors (Lipinski definition) is 3. The van der Waals surface area contributed by atoms with Crippen molar-refractivity contribution in [1.29, 1.82) is 0 Å². The van der Waals surface area contributed by atoms with Gasteiger partial charge in [-0.1, -0.05) is 58.0 Å². The van der Waals surface area contributed by atoms with Gasteiger partial charge in [-0.05, 0) is 81.4 Å². The van der Waals surface area contributed by atoms with Crippen LogP contribution in [0.15, 0.2) is 30.8 Å². The van der Waals surface area contributed by atoms with Crippen molar-refractivity contribution in [3.05, 3.63) is 42.0 Å². The van der Waals surface area contributed by atoms with Crippen molar-refractivity contribution in [1.82, 2.24) is 5.32 Å². The highest BCUT2D eigenvalue weighted by atomic mass is 16.6. The molecule has 1 aliphatic carbocycles. The largest absolute Gasteiger partial charge is 0.450 e. The third-order valence-corrected chi connectivity index (χ3v) is 6.53. The zero-order valence-corrected chi connectivity index (χ0v) is 20.8. The first kappa shape index (κ1) is 25.5. The predicted octanol–water partition coefficient (Wildman–Crippen LogP) is 6.79. The van der Waals surface area contributed by atoms with Crippen molar-refractivity contribution in [3.63, 3.8) is 0 Å². The Morgan fingerprint density at radius 1 is 1.32 bits per heavy atom. The van der Waals surface area contributed by atoms with Crippen LogP contribution in [-0.4, -0.2) is 24.9 Å². The van der Waals surface area contributed by atoms with Crippen LogP contribution in [0.5, 0.6) is 0 Å². The van der Waals surface area contributed by atoms with Gasteiger partial charge in [0.1, 0.15) is 0 Å². The zero-order valence-electron chi connectivity index (χ0n) is 20.8. The molecule has 0 aromatic heterocycles. The van der Waals surface area contributed by atoms with Crippen LogP contribution >= 0.6 is 0 Å². The van der Waals surface area contributed by atoms with Crippen molar-refractivity contribution in [2.75, 3.05) is 6.61 Å². The van der Waals surface area contributed by atoms with E-state index in [4.69, 9.17) is 9.47 Å². The molecule has 1 N–H and O–H groups in total. The number of hydrogen-bond donors (Lipinski definition) is 1. The van der Waals surface area contributed by atoms with Gasteiger partial charge >= 0.3 is 6.09 Å². The Balaban J connectivity index is 0.000000231. The van der Waals surface area contributed by atoms with E-state index in [9.17, 15) is 4.79 Å². The number of carbonyl (C=O) groups excluding carboxylic acids is 1. The number of alkyl carbamates (subject to hydrolysis) is 1. The normalized spacial score (nSPS) is 25.2. The van der Waals surface area contributed by atoms with E-state index in [0.717, 1.165) is 40.4 Å². The number of fused-ring (bicyclic) bond motifs is 1. The minimum atomic E-state index is -0.474. The minimum absolute atomic E-state index is 0.369. The van der Waals surface area contributed by atoms with Crippen molar-refractivity contribution in [2.45, 2.75) is 86.0 Å². The second-order valence-corrected chi connectivity index (χ2v) is 10.4.